The van der Waals surface area contributed by atoms with Gasteiger partial charge in [0.25, 0.3) is 11.8 Å². The molecule has 4 aliphatic rings. The number of aryl methyl sites for hydroxylation is 2. The number of hydrogen-bond acceptors (Lipinski definition) is 8. The fourth-order valence-corrected chi connectivity index (χ4v) is 10.3. The van der Waals surface area contributed by atoms with Gasteiger partial charge >= 0.3 is 5.69 Å². The van der Waals surface area contributed by atoms with Crippen LogP contribution in [0.25, 0.3) is 21.9 Å². The van der Waals surface area contributed by atoms with E-state index < -0.39 is 70.9 Å². The quantitative estimate of drug-likeness (QED) is 0.0921. The van der Waals surface area contributed by atoms with Crippen LogP contribution in [0, 0.1) is 28.8 Å². The van der Waals surface area contributed by atoms with Gasteiger partial charge in [-0.15, -0.1) is 0 Å². The Balaban J connectivity index is 0.806. The number of aromatic nitrogens is 4. The second-order valence-electron chi connectivity index (χ2n) is 18.0. The molecule has 2 atom stereocenters. The number of rotatable bonds is 10. The number of imidazole rings is 1. The number of phenols is 1. The van der Waals surface area contributed by atoms with Gasteiger partial charge in [0, 0.05) is 56.8 Å². The van der Waals surface area contributed by atoms with Gasteiger partial charge in [-0.05, 0) is 106 Å². The zero-order valence-electron chi connectivity index (χ0n) is 35.0. The van der Waals surface area contributed by atoms with Crippen molar-refractivity contribution in [2.45, 2.75) is 82.2 Å². The van der Waals surface area contributed by atoms with E-state index in [1.54, 1.807) is 22.9 Å². The number of carbonyl (C=O) groups excluding carboxylic acids is 4. The van der Waals surface area contributed by atoms with E-state index in [1.807, 2.05) is 41.2 Å². The number of nitrogens with one attached hydrogen (secondary N) is 2. The highest BCUT2D eigenvalue weighted by atomic mass is 19.3. The highest BCUT2D eigenvalue weighted by molar-refractivity contribution is 6.02. The summed E-state index contributed by atoms with van der Waals surface area (Å²) in [5, 5.41) is 19.8. The van der Waals surface area contributed by atoms with E-state index >= 15 is 8.78 Å². The maximum atomic E-state index is 15.5. The van der Waals surface area contributed by atoms with Crippen LogP contribution in [-0.4, -0.2) is 91.2 Å². The van der Waals surface area contributed by atoms with Gasteiger partial charge in [-0.1, -0.05) is 6.07 Å². The summed E-state index contributed by atoms with van der Waals surface area (Å²) in [5.41, 5.74) is 0.856. The lowest BCUT2D eigenvalue weighted by molar-refractivity contribution is -0.146. The van der Waals surface area contributed by atoms with Crippen molar-refractivity contribution < 1.29 is 46.2 Å². The van der Waals surface area contributed by atoms with Crippen molar-refractivity contribution in [1.82, 2.24) is 34.4 Å². The number of phenolic OH excluding ortho intramolecular Hbond substituents is 1. The van der Waals surface area contributed by atoms with Crippen molar-refractivity contribution >= 4 is 51.3 Å². The summed E-state index contributed by atoms with van der Waals surface area (Å²) in [5.74, 6) is -11.6. The number of imide groups is 1. The Morgan fingerprint density at radius 3 is 2.50 bits per heavy atom. The van der Waals surface area contributed by atoms with Gasteiger partial charge in [-0.25, -0.2) is 22.4 Å². The predicted molar refractivity (Wildman–Crippen MR) is 223 cm³/mol. The number of alkyl halides is 2. The number of fused-ring (bicyclic) bond motifs is 2. The number of hydrogen-bond donors (Lipinski definition) is 3. The monoisotopic (exact) mass is 890 g/mol. The molecule has 9 rings (SSSR count). The molecule has 3 saturated heterocycles. The first-order valence-corrected chi connectivity index (χ1v) is 21.6. The average molecular weight is 891 g/mol. The van der Waals surface area contributed by atoms with E-state index in [0.717, 1.165) is 10.9 Å². The smallest absolute Gasteiger partial charge is 0.329 e. The Morgan fingerprint density at radius 2 is 1.73 bits per heavy atom. The number of aromatic hydroxyl groups is 1. The Bertz CT molecular complexity index is 2780. The van der Waals surface area contributed by atoms with Gasteiger partial charge in [-0.3, -0.25) is 43.2 Å². The number of piperidine rings is 2. The second kappa shape index (κ2) is 16.5. The third-order valence-electron chi connectivity index (χ3n) is 13.6. The van der Waals surface area contributed by atoms with E-state index in [9.17, 15) is 42.3 Å². The maximum absolute atomic E-state index is 15.5. The Hall–Kier alpha value is -6.11. The van der Waals surface area contributed by atoms with E-state index in [0.29, 0.717) is 73.4 Å². The highest BCUT2D eigenvalue weighted by Gasteiger charge is 2.57. The molecule has 1 aliphatic carbocycles. The van der Waals surface area contributed by atoms with Crippen LogP contribution in [0.4, 0.5) is 27.6 Å². The molecule has 0 radical (unpaired) electrons. The summed E-state index contributed by atoms with van der Waals surface area (Å²) in [4.78, 5) is 67.4. The minimum Gasteiger partial charge on any atom is -0.503 e. The standard InChI is InChI=1S/C45H47F5N8O6/c1-54-35-17-25(6-11-33(35)58(43(54)64)34-12-13-36(59)52-41(34)62)3-2-15-55-23-44(22-45(49,50)24-55)14-16-56(42(44)63)29-10-7-27-21-57(53-32(27)18-29)28-8-4-26(5-9-28)20-51-40(61)30-19-31(46)39(60)38(48)37(30)47/h6-7,10-11,17-19,21,26,28,34,60H,2-5,8-9,12-16,20,22-24H2,1H3,(H,51,61)(H,52,59,62)/t26-,28-,34?,44?. The Kier molecular flexibility index (Phi) is 11.1. The minimum absolute atomic E-state index is 0.0323. The molecule has 4 amide bonds. The van der Waals surface area contributed by atoms with Crippen LogP contribution in [0.3, 0.4) is 0 Å². The van der Waals surface area contributed by atoms with Crippen molar-refractivity contribution in [1.29, 1.82) is 0 Å². The molecule has 3 aliphatic heterocycles. The highest BCUT2D eigenvalue weighted by Crippen LogP contribution is 2.47. The number of nitrogens with zero attached hydrogens (tertiary/aromatic N) is 6. The molecular weight excluding hydrogens is 844 g/mol. The Labute approximate surface area is 363 Å². The first kappa shape index (κ1) is 43.2. The van der Waals surface area contributed by atoms with Crippen LogP contribution in [0.2, 0.25) is 0 Å². The van der Waals surface area contributed by atoms with Crippen LogP contribution in [0.5, 0.6) is 5.75 Å². The summed E-state index contributed by atoms with van der Waals surface area (Å²) < 4.78 is 77.5. The molecule has 4 fully saturated rings. The summed E-state index contributed by atoms with van der Waals surface area (Å²) in [6.45, 7) is 0.541. The van der Waals surface area contributed by atoms with E-state index in [2.05, 4.69) is 10.6 Å². The molecule has 5 aromatic rings. The van der Waals surface area contributed by atoms with Gasteiger partial charge in [0.05, 0.1) is 40.1 Å². The van der Waals surface area contributed by atoms with Crippen molar-refractivity contribution in [3.05, 3.63) is 87.7 Å². The third kappa shape index (κ3) is 7.91. The molecule has 3 N–H and O–H groups in total. The molecule has 3 aromatic carbocycles. The van der Waals surface area contributed by atoms with Crippen molar-refractivity contribution in [3.8, 4) is 5.75 Å². The summed E-state index contributed by atoms with van der Waals surface area (Å²) in [7, 11) is 1.62. The van der Waals surface area contributed by atoms with Crippen molar-refractivity contribution in [3.63, 3.8) is 0 Å². The van der Waals surface area contributed by atoms with Crippen LogP contribution in [0.1, 0.15) is 85.8 Å². The van der Waals surface area contributed by atoms with Gasteiger partial charge in [0.2, 0.25) is 23.5 Å². The number of anilines is 1. The summed E-state index contributed by atoms with van der Waals surface area (Å²) >= 11 is 0. The van der Waals surface area contributed by atoms with Gasteiger partial charge < -0.3 is 15.3 Å². The molecule has 2 unspecified atom stereocenters. The summed E-state index contributed by atoms with van der Waals surface area (Å²) in [6.07, 6.45) is 5.91. The molecule has 1 saturated carbocycles. The minimum atomic E-state index is -3.07. The number of benzene rings is 3. The molecule has 64 heavy (non-hydrogen) atoms. The largest absolute Gasteiger partial charge is 0.503 e. The van der Waals surface area contributed by atoms with Gasteiger partial charge in [-0.2, -0.15) is 9.49 Å². The topological polar surface area (TPSA) is 164 Å². The molecule has 0 bridgehead atoms. The normalized spacial score (nSPS) is 24.0. The average Bonchev–Trinajstić information content (AvgIpc) is 3.90. The van der Waals surface area contributed by atoms with Gasteiger partial charge in [0.15, 0.2) is 17.4 Å². The van der Waals surface area contributed by atoms with Crippen LogP contribution >= 0.6 is 0 Å². The summed E-state index contributed by atoms with van der Waals surface area (Å²) in [6, 6.07) is 10.7. The van der Waals surface area contributed by atoms with E-state index in [4.69, 9.17) is 5.10 Å². The van der Waals surface area contributed by atoms with Crippen molar-refractivity contribution in [2.24, 2.45) is 18.4 Å². The lowest BCUT2D eigenvalue weighted by Gasteiger charge is -2.43. The van der Waals surface area contributed by atoms with E-state index in [1.165, 1.54) is 9.13 Å². The van der Waals surface area contributed by atoms with Crippen LogP contribution < -0.4 is 21.2 Å². The third-order valence-corrected chi connectivity index (χ3v) is 13.6. The number of likely N-dealkylation sites (tertiary alicyclic amines) is 1. The SMILES string of the molecule is Cn1c(=O)n(C2CCC(=O)NC2=O)c2ccc(CCCN3CC(F)(F)CC4(CCN(c5ccc6cn([C@H]7CC[C@H](CNC(=O)c8cc(F)c(O)c(F)c8F)CC7)nc6c5)C4=O)C3)cc21. The molecule has 1 spiro atoms. The lowest BCUT2D eigenvalue weighted by Crippen LogP contribution is -2.55. The van der Waals surface area contributed by atoms with E-state index in [-0.39, 0.29) is 68.4 Å². The predicted octanol–water partition coefficient (Wildman–Crippen LogP) is 5.65. The van der Waals surface area contributed by atoms with Crippen LogP contribution in [0.15, 0.2) is 53.5 Å². The lowest BCUT2D eigenvalue weighted by atomic mass is 9.77. The second-order valence-corrected chi connectivity index (χ2v) is 18.0. The number of carbonyl (C=O) groups is 4. The zero-order chi connectivity index (χ0) is 45.2. The first-order chi connectivity index (χ1) is 30.5. The van der Waals surface area contributed by atoms with Crippen LogP contribution in [-0.2, 0) is 27.9 Å². The maximum Gasteiger partial charge on any atom is 0.329 e. The van der Waals surface area contributed by atoms with Gasteiger partial charge in [0.1, 0.15) is 6.04 Å². The fourth-order valence-electron chi connectivity index (χ4n) is 10.3. The first-order valence-electron chi connectivity index (χ1n) is 21.6. The number of halogens is 5. The van der Waals surface area contributed by atoms with Crippen molar-refractivity contribution in [2.75, 3.05) is 37.6 Å². The molecule has 19 heteroatoms. The molecule has 14 nitrogen and oxygen atoms in total. The zero-order valence-corrected chi connectivity index (χ0v) is 35.0. The number of amides is 4. The molecule has 5 heterocycles. The molecule has 338 valence electrons. The molecule has 2 aromatic heterocycles. The fraction of sp³-hybridized carbons (Fsp3) is 0.467. The molecular formula is C45H47F5N8O6. The Morgan fingerprint density at radius 1 is 0.953 bits per heavy atom.